The molecule has 2 aliphatic heterocycles. The monoisotopic (exact) mass is 387 g/mol. The molecular formula is C24H37NO3. The molecule has 0 N–H and O–H groups in total. The number of unbranched alkanes of at least 4 members (excludes halogenated alkanes) is 9. The number of aryl methyl sites for hydroxylation is 2. The maximum Gasteiger partial charge on any atom is 0.292 e. The van der Waals surface area contributed by atoms with E-state index in [0.717, 1.165) is 35.3 Å². The minimum absolute atomic E-state index is 0.0374. The second kappa shape index (κ2) is 9.89. The Morgan fingerprint density at radius 3 is 2.07 bits per heavy atom. The van der Waals surface area contributed by atoms with Crippen molar-refractivity contribution < 1.29 is 14.3 Å². The molecule has 1 aromatic rings. The van der Waals surface area contributed by atoms with Crippen LogP contribution in [0.4, 0.5) is 5.69 Å². The molecule has 2 heterocycles. The average Bonchev–Trinajstić information content (AvgIpc) is 3.24. The van der Waals surface area contributed by atoms with E-state index in [9.17, 15) is 4.79 Å². The molecule has 1 saturated heterocycles. The summed E-state index contributed by atoms with van der Waals surface area (Å²) in [5.41, 5.74) is 4.18. The first-order valence-corrected chi connectivity index (χ1v) is 11.3. The van der Waals surface area contributed by atoms with Crippen LogP contribution < -0.4 is 4.90 Å². The molecule has 0 unspecified atom stereocenters. The van der Waals surface area contributed by atoms with Crippen molar-refractivity contribution >= 4 is 11.6 Å². The van der Waals surface area contributed by atoms with Gasteiger partial charge >= 0.3 is 0 Å². The van der Waals surface area contributed by atoms with E-state index in [1.54, 1.807) is 0 Å². The SMILES string of the molecule is CCCCCCCCCCCCN1C(=O)C2(OCCO2)c2cc(C)cc(C)c21. The first kappa shape index (κ1) is 21.3. The lowest BCUT2D eigenvalue weighted by Gasteiger charge is -2.22. The number of nitrogens with zero attached hydrogens (tertiary/aromatic N) is 1. The molecule has 0 saturated carbocycles. The van der Waals surface area contributed by atoms with Crippen molar-refractivity contribution in [3.05, 3.63) is 28.8 Å². The molecule has 1 spiro atoms. The van der Waals surface area contributed by atoms with Crippen LogP contribution in [0.25, 0.3) is 0 Å². The molecule has 156 valence electrons. The van der Waals surface area contributed by atoms with Crippen LogP contribution in [-0.2, 0) is 20.1 Å². The van der Waals surface area contributed by atoms with Crippen LogP contribution in [0.2, 0.25) is 0 Å². The third-order valence-corrected chi connectivity index (χ3v) is 6.03. The van der Waals surface area contributed by atoms with Gasteiger partial charge in [-0.2, -0.15) is 0 Å². The van der Waals surface area contributed by atoms with Gasteiger partial charge in [0.1, 0.15) is 0 Å². The number of ether oxygens (including phenoxy) is 2. The Morgan fingerprint density at radius 1 is 0.893 bits per heavy atom. The number of anilines is 1. The standard InChI is InChI=1S/C24H37NO3/c1-4-5-6-7-8-9-10-11-12-13-14-25-22-20(3)17-19(2)18-21(22)24(23(25)26)27-15-16-28-24/h17-18H,4-16H2,1-3H3. The number of rotatable bonds is 11. The summed E-state index contributed by atoms with van der Waals surface area (Å²) in [5, 5.41) is 0. The van der Waals surface area contributed by atoms with E-state index in [1.807, 2.05) is 4.90 Å². The van der Waals surface area contributed by atoms with Crippen LogP contribution in [0.3, 0.4) is 0 Å². The fraction of sp³-hybridized carbons (Fsp3) is 0.708. The highest BCUT2D eigenvalue weighted by Crippen LogP contribution is 2.47. The Kier molecular flexibility index (Phi) is 7.53. The number of benzene rings is 1. The van der Waals surface area contributed by atoms with Crippen molar-refractivity contribution in [1.29, 1.82) is 0 Å². The fourth-order valence-electron chi connectivity index (χ4n) is 4.63. The molecule has 4 heteroatoms. The second-order valence-electron chi connectivity index (χ2n) is 8.43. The van der Waals surface area contributed by atoms with Gasteiger partial charge in [-0.05, 0) is 31.9 Å². The van der Waals surface area contributed by atoms with E-state index in [-0.39, 0.29) is 5.91 Å². The molecule has 0 aliphatic carbocycles. The van der Waals surface area contributed by atoms with Gasteiger partial charge in [0.15, 0.2) is 0 Å². The molecule has 0 atom stereocenters. The average molecular weight is 388 g/mol. The lowest BCUT2D eigenvalue weighted by Crippen LogP contribution is -2.41. The van der Waals surface area contributed by atoms with Crippen molar-refractivity contribution in [3.63, 3.8) is 0 Å². The molecule has 28 heavy (non-hydrogen) atoms. The van der Waals surface area contributed by atoms with Crippen molar-refractivity contribution in [2.24, 2.45) is 0 Å². The van der Waals surface area contributed by atoms with Crippen LogP contribution >= 0.6 is 0 Å². The van der Waals surface area contributed by atoms with Crippen molar-refractivity contribution in [2.45, 2.75) is 90.8 Å². The van der Waals surface area contributed by atoms with Crippen LogP contribution in [0.5, 0.6) is 0 Å². The Labute approximate surface area is 170 Å². The number of hydrogen-bond donors (Lipinski definition) is 0. The predicted molar refractivity (Wildman–Crippen MR) is 114 cm³/mol. The van der Waals surface area contributed by atoms with Gasteiger partial charge < -0.3 is 14.4 Å². The van der Waals surface area contributed by atoms with E-state index in [2.05, 4.69) is 32.9 Å². The third kappa shape index (κ3) is 4.44. The van der Waals surface area contributed by atoms with E-state index in [4.69, 9.17) is 9.47 Å². The lowest BCUT2D eigenvalue weighted by molar-refractivity contribution is -0.180. The molecule has 0 bridgehead atoms. The molecule has 1 fully saturated rings. The summed E-state index contributed by atoms with van der Waals surface area (Å²) in [4.78, 5) is 15.1. The first-order valence-electron chi connectivity index (χ1n) is 11.3. The second-order valence-corrected chi connectivity index (χ2v) is 8.43. The summed E-state index contributed by atoms with van der Waals surface area (Å²) in [6.45, 7) is 8.11. The topological polar surface area (TPSA) is 38.8 Å². The number of carbonyl (C=O) groups is 1. The minimum Gasteiger partial charge on any atom is -0.336 e. The van der Waals surface area contributed by atoms with Crippen molar-refractivity contribution in [3.8, 4) is 0 Å². The molecule has 0 radical (unpaired) electrons. The van der Waals surface area contributed by atoms with Crippen LogP contribution in [0.15, 0.2) is 12.1 Å². The highest BCUT2D eigenvalue weighted by Gasteiger charge is 2.56. The highest BCUT2D eigenvalue weighted by atomic mass is 16.7. The van der Waals surface area contributed by atoms with Gasteiger partial charge in [-0.15, -0.1) is 0 Å². The number of hydrogen-bond acceptors (Lipinski definition) is 3. The molecule has 1 aromatic carbocycles. The third-order valence-electron chi connectivity index (χ3n) is 6.03. The Bertz CT molecular complexity index is 664. The van der Waals surface area contributed by atoms with Crippen LogP contribution in [0, 0.1) is 13.8 Å². The van der Waals surface area contributed by atoms with Crippen molar-refractivity contribution in [1.82, 2.24) is 0 Å². The smallest absolute Gasteiger partial charge is 0.292 e. The van der Waals surface area contributed by atoms with Gasteiger partial charge in [-0.1, -0.05) is 76.3 Å². The number of amides is 1. The summed E-state index contributed by atoms with van der Waals surface area (Å²) < 4.78 is 11.7. The van der Waals surface area contributed by atoms with Gasteiger partial charge in [0.05, 0.1) is 18.9 Å². The molecule has 1 amide bonds. The molecule has 0 aromatic heterocycles. The Balaban J connectivity index is 1.51. The summed E-state index contributed by atoms with van der Waals surface area (Å²) in [6.07, 6.45) is 12.9. The van der Waals surface area contributed by atoms with E-state index < -0.39 is 5.79 Å². The van der Waals surface area contributed by atoms with Gasteiger partial charge in [0.2, 0.25) is 0 Å². The van der Waals surface area contributed by atoms with E-state index in [0.29, 0.717) is 13.2 Å². The zero-order chi connectivity index (χ0) is 20.0. The van der Waals surface area contributed by atoms with Gasteiger partial charge in [-0.25, -0.2) is 0 Å². The van der Waals surface area contributed by atoms with Crippen LogP contribution in [0.1, 0.15) is 87.8 Å². The van der Waals surface area contributed by atoms with Crippen molar-refractivity contribution in [2.75, 3.05) is 24.7 Å². The molecular weight excluding hydrogens is 350 g/mol. The summed E-state index contributed by atoms with van der Waals surface area (Å²) in [5.74, 6) is -1.23. The largest absolute Gasteiger partial charge is 0.336 e. The van der Waals surface area contributed by atoms with Gasteiger partial charge in [0.25, 0.3) is 11.7 Å². The van der Waals surface area contributed by atoms with Gasteiger partial charge in [0, 0.05) is 12.1 Å². The lowest BCUT2D eigenvalue weighted by atomic mass is 10.0. The highest BCUT2D eigenvalue weighted by molar-refractivity contribution is 6.07. The number of fused-ring (bicyclic) bond motifs is 2. The predicted octanol–water partition coefficient (Wildman–Crippen LogP) is 5.77. The van der Waals surface area contributed by atoms with Crippen LogP contribution in [-0.4, -0.2) is 25.7 Å². The zero-order valence-electron chi connectivity index (χ0n) is 18.0. The van der Waals surface area contributed by atoms with E-state index >= 15 is 0 Å². The summed E-state index contributed by atoms with van der Waals surface area (Å²) in [7, 11) is 0. The Morgan fingerprint density at radius 2 is 1.46 bits per heavy atom. The van der Waals surface area contributed by atoms with E-state index in [1.165, 1.54) is 57.8 Å². The maximum absolute atomic E-state index is 13.2. The molecule has 2 aliphatic rings. The van der Waals surface area contributed by atoms with Gasteiger partial charge in [-0.3, -0.25) is 4.79 Å². The molecule has 4 nitrogen and oxygen atoms in total. The maximum atomic E-state index is 13.2. The zero-order valence-corrected chi connectivity index (χ0v) is 18.0. The Hall–Kier alpha value is -1.39. The summed E-state index contributed by atoms with van der Waals surface area (Å²) >= 11 is 0. The normalized spacial score (nSPS) is 17.7. The first-order chi connectivity index (χ1) is 13.6. The summed E-state index contributed by atoms with van der Waals surface area (Å²) in [6, 6.07) is 4.20. The fourth-order valence-corrected chi connectivity index (χ4v) is 4.63. The minimum atomic E-state index is -1.19. The molecule has 3 rings (SSSR count). The number of carbonyl (C=O) groups excluding carboxylic acids is 1. The quantitative estimate of drug-likeness (QED) is 0.452.